The van der Waals surface area contributed by atoms with E-state index in [1.165, 1.54) is 0 Å². The zero-order chi connectivity index (χ0) is 10.8. The molecule has 1 aliphatic rings. The van der Waals surface area contributed by atoms with Crippen molar-refractivity contribution in [1.82, 2.24) is 4.90 Å². The van der Waals surface area contributed by atoms with Crippen molar-refractivity contribution < 1.29 is 9.21 Å². The average Bonchev–Trinajstić information content (AvgIpc) is 2.74. The van der Waals surface area contributed by atoms with E-state index < -0.39 is 0 Å². The van der Waals surface area contributed by atoms with Crippen LogP contribution in [0, 0.1) is 11.8 Å². The third-order valence-corrected chi connectivity index (χ3v) is 3.35. The number of furan rings is 1. The Morgan fingerprint density at radius 3 is 2.87 bits per heavy atom. The van der Waals surface area contributed by atoms with Crippen molar-refractivity contribution in [2.45, 2.75) is 20.3 Å². The van der Waals surface area contributed by atoms with Gasteiger partial charge in [0.15, 0.2) is 5.76 Å². The van der Waals surface area contributed by atoms with Crippen LogP contribution in [-0.4, -0.2) is 23.9 Å². The molecule has 0 aliphatic carbocycles. The van der Waals surface area contributed by atoms with E-state index in [1.54, 1.807) is 18.4 Å². The van der Waals surface area contributed by atoms with Crippen LogP contribution in [0.2, 0.25) is 0 Å². The Labute approximate surface area is 90.1 Å². The first-order chi connectivity index (χ1) is 7.18. The van der Waals surface area contributed by atoms with E-state index in [0.717, 1.165) is 19.5 Å². The van der Waals surface area contributed by atoms with Gasteiger partial charge in [0, 0.05) is 13.1 Å². The van der Waals surface area contributed by atoms with E-state index in [-0.39, 0.29) is 5.91 Å². The summed E-state index contributed by atoms with van der Waals surface area (Å²) in [7, 11) is 0. The molecule has 0 N–H and O–H groups in total. The highest BCUT2D eigenvalue weighted by atomic mass is 16.3. The minimum Gasteiger partial charge on any atom is -0.459 e. The standard InChI is InChI=1S/C12H17NO2/c1-9-5-6-13(8-10(9)2)12(14)11-4-3-7-15-11/h3-4,7,9-10H,5-6,8H2,1-2H3. The first kappa shape index (κ1) is 10.3. The van der Waals surface area contributed by atoms with Crippen LogP contribution in [0.15, 0.2) is 22.8 Å². The smallest absolute Gasteiger partial charge is 0.289 e. The molecule has 1 aromatic heterocycles. The molecule has 0 spiro atoms. The third-order valence-electron chi connectivity index (χ3n) is 3.35. The van der Waals surface area contributed by atoms with Crippen molar-refractivity contribution in [3.8, 4) is 0 Å². The second-order valence-electron chi connectivity index (χ2n) is 4.47. The van der Waals surface area contributed by atoms with Crippen molar-refractivity contribution in [1.29, 1.82) is 0 Å². The predicted molar refractivity (Wildman–Crippen MR) is 57.6 cm³/mol. The van der Waals surface area contributed by atoms with E-state index in [0.29, 0.717) is 17.6 Å². The summed E-state index contributed by atoms with van der Waals surface area (Å²) in [5.74, 6) is 1.78. The summed E-state index contributed by atoms with van der Waals surface area (Å²) >= 11 is 0. The van der Waals surface area contributed by atoms with Gasteiger partial charge in [0.05, 0.1) is 6.26 Å². The number of amides is 1. The van der Waals surface area contributed by atoms with Crippen LogP contribution in [0.1, 0.15) is 30.8 Å². The van der Waals surface area contributed by atoms with Crippen LogP contribution in [0.3, 0.4) is 0 Å². The van der Waals surface area contributed by atoms with Crippen molar-refractivity contribution in [3.05, 3.63) is 24.2 Å². The third kappa shape index (κ3) is 2.06. The molecule has 1 aromatic rings. The van der Waals surface area contributed by atoms with Crippen LogP contribution in [0.25, 0.3) is 0 Å². The summed E-state index contributed by atoms with van der Waals surface area (Å²) in [4.78, 5) is 13.8. The fourth-order valence-electron chi connectivity index (χ4n) is 2.00. The lowest BCUT2D eigenvalue weighted by Crippen LogP contribution is -2.42. The molecule has 2 heterocycles. The molecule has 15 heavy (non-hydrogen) atoms. The van der Waals surface area contributed by atoms with Crippen LogP contribution >= 0.6 is 0 Å². The molecule has 2 rings (SSSR count). The van der Waals surface area contributed by atoms with Gasteiger partial charge in [-0.25, -0.2) is 0 Å². The lowest BCUT2D eigenvalue weighted by molar-refractivity contribution is 0.0596. The normalized spacial score (nSPS) is 26.7. The summed E-state index contributed by atoms with van der Waals surface area (Å²) < 4.78 is 5.12. The van der Waals surface area contributed by atoms with Crippen LogP contribution in [0.5, 0.6) is 0 Å². The lowest BCUT2D eigenvalue weighted by atomic mass is 9.88. The molecule has 0 saturated carbocycles. The van der Waals surface area contributed by atoms with Gasteiger partial charge in [-0.15, -0.1) is 0 Å². The Balaban J connectivity index is 2.03. The summed E-state index contributed by atoms with van der Waals surface area (Å²) in [6.07, 6.45) is 2.64. The van der Waals surface area contributed by atoms with E-state index in [1.807, 2.05) is 4.90 Å². The summed E-state index contributed by atoms with van der Waals surface area (Å²) in [5.41, 5.74) is 0. The average molecular weight is 207 g/mol. The molecule has 1 saturated heterocycles. The van der Waals surface area contributed by atoms with E-state index >= 15 is 0 Å². The minimum atomic E-state index is 0.0266. The lowest BCUT2D eigenvalue weighted by Gasteiger charge is -2.34. The zero-order valence-electron chi connectivity index (χ0n) is 9.27. The number of carbonyl (C=O) groups excluding carboxylic acids is 1. The zero-order valence-corrected chi connectivity index (χ0v) is 9.27. The molecule has 2 unspecified atom stereocenters. The molecule has 3 heteroatoms. The SMILES string of the molecule is CC1CCN(C(=O)c2ccco2)CC1C. The Hall–Kier alpha value is -1.25. The highest BCUT2D eigenvalue weighted by Crippen LogP contribution is 2.23. The number of rotatable bonds is 1. The van der Waals surface area contributed by atoms with Crippen LogP contribution < -0.4 is 0 Å². The minimum absolute atomic E-state index is 0.0266. The van der Waals surface area contributed by atoms with Crippen molar-refractivity contribution >= 4 is 5.91 Å². The Morgan fingerprint density at radius 2 is 2.27 bits per heavy atom. The second kappa shape index (κ2) is 4.09. The number of hydrogen-bond donors (Lipinski definition) is 0. The highest BCUT2D eigenvalue weighted by Gasteiger charge is 2.27. The van der Waals surface area contributed by atoms with Crippen molar-refractivity contribution in [3.63, 3.8) is 0 Å². The molecule has 3 nitrogen and oxygen atoms in total. The van der Waals surface area contributed by atoms with Gasteiger partial charge in [0.1, 0.15) is 0 Å². The summed E-state index contributed by atoms with van der Waals surface area (Å²) in [5, 5.41) is 0. The molecule has 1 aliphatic heterocycles. The molecule has 0 radical (unpaired) electrons. The maximum Gasteiger partial charge on any atom is 0.289 e. The fourth-order valence-corrected chi connectivity index (χ4v) is 2.00. The molecular formula is C12H17NO2. The van der Waals surface area contributed by atoms with Gasteiger partial charge in [-0.2, -0.15) is 0 Å². The Bertz CT molecular complexity index is 331. The molecular weight excluding hydrogens is 190 g/mol. The van der Waals surface area contributed by atoms with E-state index in [9.17, 15) is 4.79 Å². The number of likely N-dealkylation sites (tertiary alicyclic amines) is 1. The van der Waals surface area contributed by atoms with Gasteiger partial charge in [0.2, 0.25) is 0 Å². The topological polar surface area (TPSA) is 33.5 Å². The monoisotopic (exact) mass is 207 g/mol. The molecule has 82 valence electrons. The number of piperidine rings is 1. The van der Waals surface area contributed by atoms with Crippen molar-refractivity contribution in [2.75, 3.05) is 13.1 Å². The number of carbonyl (C=O) groups is 1. The van der Waals surface area contributed by atoms with E-state index in [2.05, 4.69) is 13.8 Å². The molecule has 2 atom stereocenters. The highest BCUT2D eigenvalue weighted by molar-refractivity contribution is 5.91. The van der Waals surface area contributed by atoms with Gasteiger partial charge < -0.3 is 9.32 Å². The first-order valence-corrected chi connectivity index (χ1v) is 5.51. The quantitative estimate of drug-likeness (QED) is 0.708. The molecule has 0 aromatic carbocycles. The van der Waals surface area contributed by atoms with Crippen LogP contribution in [-0.2, 0) is 0 Å². The van der Waals surface area contributed by atoms with Gasteiger partial charge in [0.25, 0.3) is 5.91 Å². The van der Waals surface area contributed by atoms with Crippen molar-refractivity contribution in [2.24, 2.45) is 11.8 Å². The summed E-state index contributed by atoms with van der Waals surface area (Å²) in [6, 6.07) is 3.48. The first-order valence-electron chi connectivity index (χ1n) is 5.51. The van der Waals surface area contributed by atoms with Gasteiger partial charge in [-0.1, -0.05) is 13.8 Å². The fraction of sp³-hybridized carbons (Fsp3) is 0.583. The van der Waals surface area contributed by atoms with Gasteiger partial charge in [-0.05, 0) is 30.4 Å². The Kier molecular flexibility index (Phi) is 2.80. The largest absolute Gasteiger partial charge is 0.459 e. The maximum atomic E-state index is 11.9. The number of hydrogen-bond acceptors (Lipinski definition) is 2. The summed E-state index contributed by atoms with van der Waals surface area (Å²) in [6.45, 7) is 6.15. The van der Waals surface area contributed by atoms with Crippen LogP contribution in [0.4, 0.5) is 0 Å². The molecule has 0 bridgehead atoms. The van der Waals surface area contributed by atoms with Gasteiger partial charge in [-0.3, -0.25) is 4.79 Å². The predicted octanol–water partition coefficient (Wildman–Crippen LogP) is 2.40. The number of nitrogens with zero attached hydrogens (tertiary/aromatic N) is 1. The second-order valence-corrected chi connectivity index (χ2v) is 4.47. The molecule has 1 amide bonds. The van der Waals surface area contributed by atoms with Gasteiger partial charge >= 0.3 is 0 Å². The molecule has 1 fully saturated rings. The Morgan fingerprint density at radius 1 is 1.47 bits per heavy atom. The maximum absolute atomic E-state index is 11.9. The van der Waals surface area contributed by atoms with E-state index in [4.69, 9.17) is 4.42 Å².